The summed E-state index contributed by atoms with van der Waals surface area (Å²) in [5.41, 5.74) is 2.70. The summed E-state index contributed by atoms with van der Waals surface area (Å²) >= 11 is 0. The third-order valence-electron chi connectivity index (χ3n) is 3.40. The number of rotatable bonds is 8. The molecule has 3 heteroatoms. The molecule has 1 atom stereocenters. The summed E-state index contributed by atoms with van der Waals surface area (Å²) < 4.78 is 10.8. The number of aryl methyl sites for hydroxylation is 1. The fourth-order valence-corrected chi connectivity index (χ4v) is 2.24. The van der Waals surface area contributed by atoms with Gasteiger partial charge in [0, 0.05) is 12.6 Å². The van der Waals surface area contributed by atoms with Gasteiger partial charge in [0.25, 0.3) is 0 Å². The van der Waals surface area contributed by atoms with Crippen molar-refractivity contribution in [3.63, 3.8) is 0 Å². The maximum atomic E-state index is 5.56. The van der Waals surface area contributed by atoms with E-state index in [1.807, 2.05) is 12.1 Å². The van der Waals surface area contributed by atoms with E-state index in [4.69, 9.17) is 9.15 Å². The van der Waals surface area contributed by atoms with Gasteiger partial charge in [0.05, 0.1) is 6.26 Å². The van der Waals surface area contributed by atoms with E-state index in [1.54, 1.807) is 6.26 Å². The molecule has 0 aliphatic carbocycles. The molecule has 108 valence electrons. The van der Waals surface area contributed by atoms with Crippen LogP contribution in [0.25, 0.3) is 0 Å². The van der Waals surface area contributed by atoms with Crippen molar-refractivity contribution in [1.29, 1.82) is 0 Å². The number of benzene rings is 1. The Kier molecular flexibility index (Phi) is 5.84. The zero-order valence-electron chi connectivity index (χ0n) is 12.3. The molecule has 1 heterocycles. The quantitative estimate of drug-likeness (QED) is 0.742. The van der Waals surface area contributed by atoms with Crippen LogP contribution >= 0.6 is 0 Å². The van der Waals surface area contributed by atoms with Crippen molar-refractivity contribution in [2.75, 3.05) is 13.2 Å². The fourth-order valence-electron chi connectivity index (χ4n) is 2.24. The van der Waals surface area contributed by atoms with Gasteiger partial charge in [-0.1, -0.05) is 24.3 Å². The van der Waals surface area contributed by atoms with E-state index in [2.05, 4.69) is 43.4 Å². The highest BCUT2D eigenvalue weighted by Gasteiger charge is 2.06. The molecule has 3 nitrogen and oxygen atoms in total. The first kappa shape index (κ1) is 14.8. The van der Waals surface area contributed by atoms with Crippen LogP contribution in [0.2, 0.25) is 0 Å². The van der Waals surface area contributed by atoms with Crippen LogP contribution in [-0.4, -0.2) is 13.2 Å². The maximum absolute atomic E-state index is 5.56. The molecule has 0 amide bonds. The van der Waals surface area contributed by atoms with Crippen molar-refractivity contribution in [2.24, 2.45) is 0 Å². The van der Waals surface area contributed by atoms with Crippen LogP contribution in [0.5, 0.6) is 0 Å². The first-order valence-electron chi connectivity index (χ1n) is 7.16. The van der Waals surface area contributed by atoms with Crippen LogP contribution < -0.4 is 5.32 Å². The minimum Gasteiger partial charge on any atom is -0.467 e. The molecule has 0 fully saturated rings. The number of hydrogen-bond acceptors (Lipinski definition) is 3. The largest absolute Gasteiger partial charge is 0.467 e. The smallest absolute Gasteiger partial charge is 0.129 e. The maximum Gasteiger partial charge on any atom is 0.129 e. The summed E-state index contributed by atoms with van der Waals surface area (Å²) in [4.78, 5) is 0. The predicted octanol–water partition coefficient (Wildman–Crippen LogP) is 3.85. The van der Waals surface area contributed by atoms with E-state index in [-0.39, 0.29) is 0 Å². The van der Waals surface area contributed by atoms with Crippen LogP contribution in [0, 0.1) is 6.92 Å². The molecule has 1 aromatic carbocycles. The van der Waals surface area contributed by atoms with E-state index < -0.39 is 0 Å². The molecular formula is C17H23NO2. The van der Waals surface area contributed by atoms with Crippen LogP contribution in [-0.2, 0) is 11.3 Å². The van der Waals surface area contributed by atoms with Gasteiger partial charge in [-0.05, 0) is 50.1 Å². The molecule has 1 aromatic heterocycles. The highest BCUT2D eigenvalue weighted by Crippen LogP contribution is 2.16. The standard InChI is InChI=1S/C17H23NO2/c1-14-7-3-4-9-17(14)15(2)18-10-6-11-19-13-16-8-5-12-20-16/h3-5,7-9,12,15,18H,6,10-11,13H2,1-2H3. The van der Waals surface area contributed by atoms with Crippen molar-refractivity contribution in [3.8, 4) is 0 Å². The molecule has 1 N–H and O–H groups in total. The summed E-state index contributed by atoms with van der Waals surface area (Å²) in [5, 5.41) is 3.53. The van der Waals surface area contributed by atoms with E-state index in [0.29, 0.717) is 12.6 Å². The highest BCUT2D eigenvalue weighted by atomic mass is 16.5. The Bertz CT molecular complexity index is 493. The molecule has 0 bridgehead atoms. The summed E-state index contributed by atoms with van der Waals surface area (Å²) in [7, 11) is 0. The monoisotopic (exact) mass is 273 g/mol. The topological polar surface area (TPSA) is 34.4 Å². The first-order chi connectivity index (χ1) is 9.77. The SMILES string of the molecule is Cc1ccccc1C(C)NCCCOCc1ccco1. The zero-order chi connectivity index (χ0) is 14.2. The molecule has 0 aliphatic heterocycles. The molecule has 0 spiro atoms. The van der Waals surface area contributed by atoms with Crippen molar-refractivity contribution < 1.29 is 9.15 Å². The lowest BCUT2D eigenvalue weighted by atomic mass is 10.0. The number of ether oxygens (including phenoxy) is 1. The number of hydrogen-bond donors (Lipinski definition) is 1. The molecule has 1 unspecified atom stereocenters. The Morgan fingerprint density at radius 3 is 2.80 bits per heavy atom. The zero-order valence-corrected chi connectivity index (χ0v) is 12.3. The lowest BCUT2D eigenvalue weighted by Gasteiger charge is -2.16. The Labute approximate surface area is 121 Å². The van der Waals surface area contributed by atoms with Gasteiger partial charge in [-0.25, -0.2) is 0 Å². The van der Waals surface area contributed by atoms with Gasteiger partial charge in [0.15, 0.2) is 0 Å². The van der Waals surface area contributed by atoms with E-state index in [1.165, 1.54) is 11.1 Å². The molecule has 0 radical (unpaired) electrons. The summed E-state index contributed by atoms with van der Waals surface area (Å²) in [6.07, 6.45) is 2.67. The molecule has 2 rings (SSSR count). The summed E-state index contributed by atoms with van der Waals surface area (Å²) in [6.45, 7) is 6.61. The minimum absolute atomic E-state index is 0.376. The van der Waals surface area contributed by atoms with Crippen molar-refractivity contribution in [1.82, 2.24) is 5.32 Å². The van der Waals surface area contributed by atoms with Crippen LogP contribution in [0.15, 0.2) is 47.1 Å². The van der Waals surface area contributed by atoms with Gasteiger partial charge in [-0.15, -0.1) is 0 Å². The van der Waals surface area contributed by atoms with Crippen LogP contribution in [0.3, 0.4) is 0 Å². The molecule has 2 aromatic rings. The molecule has 0 saturated carbocycles. The fraction of sp³-hybridized carbons (Fsp3) is 0.412. The van der Waals surface area contributed by atoms with Crippen molar-refractivity contribution in [3.05, 3.63) is 59.5 Å². The lowest BCUT2D eigenvalue weighted by molar-refractivity contribution is 0.104. The van der Waals surface area contributed by atoms with Gasteiger partial charge >= 0.3 is 0 Å². The molecular weight excluding hydrogens is 250 g/mol. The second-order valence-corrected chi connectivity index (χ2v) is 5.02. The van der Waals surface area contributed by atoms with Gasteiger partial charge in [-0.3, -0.25) is 0 Å². The van der Waals surface area contributed by atoms with E-state index in [0.717, 1.165) is 25.3 Å². The average molecular weight is 273 g/mol. The first-order valence-corrected chi connectivity index (χ1v) is 7.16. The van der Waals surface area contributed by atoms with Gasteiger partial charge in [0.1, 0.15) is 12.4 Å². The Hall–Kier alpha value is -1.58. The Morgan fingerprint density at radius 2 is 2.05 bits per heavy atom. The lowest BCUT2D eigenvalue weighted by Crippen LogP contribution is -2.21. The minimum atomic E-state index is 0.376. The number of furan rings is 1. The van der Waals surface area contributed by atoms with E-state index in [9.17, 15) is 0 Å². The van der Waals surface area contributed by atoms with Crippen molar-refractivity contribution in [2.45, 2.75) is 32.9 Å². The van der Waals surface area contributed by atoms with Gasteiger partial charge < -0.3 is 14.5 Å². The third kappa shape index (κ3) is 4.51. The summed E-state index contributed by atoms with van der Waals surface area (Å²) in [6, 6.07) is 12.7. The summed E-state index contributed by atoms with van der Waals surface area (Å²) in [5.74, 6) is 0.881. The molecule has 0 saturated heterocycles. The van der Waals surface area contributed by atoms with Gasteiger partial charge in [0.2, 0.25) is 0 Å². The highest BCUT2D eigenvalue weighted by molar-refractivity contribution is 5.28. The third-order valence-corrected chi connectivity index (χ3v) is 3.40. The van der Waals surface area contributed by atoms with Crippen LogP contribution in [0.1, 0.15) is 36.3 Å². The normalized spacial score (nSPS) is 12.5. The predicted molar refractivity (Wildman–Crippen MR) is 80.6 cm³/mol. The van der Waals surface area contributed by atoms with Gasteiger partial charge in [-0.2, -0.15) is 0 Å². The number of nitrogens with one attached hydrogen (secondary N) is 1. The Morgan fingerprint density at radius 1 is 1.20 bits per heavy atom. The molecule has 20 heavy (non-hydrogen) atoms. The average Bonchev–Trinajstić information content (AvgIpc) is 2.96. The second kappa shape index (κ2) is 7.88. The van der Waals surface area contributed by atoms with Crippen molar-refractivity contribution >= 4 is 0 Å². The Balaban J connectivity index is 1.60. The van der Waals surface area contributed by atoms with Crippen LogP contribution in [0.4, 0.5) is 0 Å². The van der Waals surface area contributed by atoms with E-state index >= 15 is 0 Å². The second-order valence-electron chi connectivity index (χ2n) is 5.02. The molecule has 0 aliphatic rings.